The van der Waals surface area contributed by atoms with Crippen LogP contribution in [0.15, 0.2) is 42.6 Å². The van der Waals surface area contributed by atoms with E-state index in [1.807, 2.05) is 30.3 Å². The van der Waals surface area contributed by atoms with Crippen LogP contribution in [0, 0.1) is 0 Å². The average molecular weight is 289 g/mol. The van der Waals surface area contributed by atoms with Crippen LogP contribution in [-0.4, -0.2) is 28.9 Å². The van der Waals surface area contributed by atoms with Gasteiger partial charge in [-0.1, -0.05) is 41.9 Å². The highest BCUT2D eigenvalue weighted by Gasteiger charge is 2.25. The lowest BCUT2D eigenvalue weighted by molar-refractivity contribution is 0.0743. The molecule has 4 nitrogen and oxygen atoms in total. The third kappa shape index (κ3) is 2.47. The molecule has 0 bridgehead atoms. The number of hydrogen-bond acceptors (Lipinski definition) is 3. The van der Waals surface area contributed by atoms with Gasteiger partial charge >= 0.3 is 0 Å². The van der Waals surface area contributed by atoms with Crippen molar-refractivity contribution in [2.75, 3.05) is 13.2 Å². The van der Waals surface area contributed by atoms with E-state index < -0.39 is 0 Å². The summed E-state index contributed by atoms with van der Waals surface area (Å²) in [5.74, 6) is 0.306. The van der Waals surface area contributed by atoms with E-state index in [1.54, 1.807) is 11.0 Å². The lowest BCUT2D eigenvalue weighted by atomic mass is 10.2. The minimum absolute atomic E-state index is 0.0781. The molecule has 5 heteroatoms. The van der Waals surface area contributed by atoms with Crippen LogP contribution in [0.5, 0.6) is 5.75 Å². The molecule has 0 N–H and O–H groups in total. The van der Waals surface area contributed by atoms with Gasteiger partial charge in [-0.05, 0) is 11.6 Å². The van der Waals surface area contributed by atoms with Crippen LogP contribution in [0.25, 0.3) is 0 Å². The summed E-state index contributed by atoms with van der Waals surface area (Å²) in [4.78, 5) is 18.3. The summed E-state index contributed by atoms with van der Waals surface area (Å²) in [6.45, 7) is 1.50. The standard InChI is InChI=1S/C15H13ClN2O2/c16-14-13-12(6-7-17-14)15(19)18(8-9-20-13)10-11-4-2-1-3-5-11/h1-7H,8-10H2. The molecule has 0 atom stereocenters. The molecule has 102 valence electrons. The fourth-order valence-corrected chi connectivity index (χ4v) is 2.43. The van der Waals surface area contributed by atoms with Crippen molar-refractivity contribution in [3.05, 3.63) is 58.9 Å². The van der Waals surface area contributed by atoms with Crippen molar-refractivity contribution in [1.82, 2.24) is 9.88 Å². The van der Waals surface area contributed by atoms with E-state index in [4.69, 9.17) is 16.3 Å². The van der Waals surface area contributed by atoms with Gasteiger partial charge in [0.15, 0.2) is 10.9 Å². The van der Waals surface area contributed by atoms with Gasteiger partial charge in [0.1, 0.15) is 6.61 Å². The summed E-state index contributed by atoms with van der Waals surface area (Å²) < 4.78 is 5.56. The quantitative estimate of drug-likeness (QED) is 0.798. The number of halogens is 1. The summed E-state index contributed by atoms with van der Waals surface area (Å²) in [6.07, 6.45) is 1.52. The lowest BCUT2D eigenvalue weighted by Crippen LogP contribution is -2.31. The Labute approximate surface area is 122 Å². The summed E-state index contributed by atoms with van der Waals surface area (Å²) in [5.41, 5.74) is 1.56. The summed E-state index contributed by atoms with van der Waals surface area (Å²) in [6, 6.07) is 11.5. The maximum absolute atomic E-state index is 12.6. The first-order valence-electron chi connectivity index (χ1n) is 6.36. The van der Waals surface area contributed by atoms with E-state index in [2.05, 4.69) is 4.98 Å². The van der Waals surface area contributed by atoms with Crippen LogP contribution in [0.1, 0.15) is 15.9 Å². The minimum atomic E-state index is -0.0781. The number of nitrogens with zero attached hydrogens (tertiary/aromatic N) is 2. The van der Waals surface area contributed by atoms with E-state index in [9.17, 15) is 4.79 Å². The molecule has 0 spiro atoms. The lowest BCUT2D eigenvalue weighted by Gasteiger charge is -2.19. The van der Waals surface area contributed by atoms with E-state index in [0.29, 0.717) is 31.0 Å². The Kier molecular flexibility index (Phi) is 3.56. The van der Waals surface area contributed by atoms with Crippen molar-refractivity contribution in [3.8, 4) is 5.75 Å². The molecule has 0 unspecified atom stereocenters. The topological polar surface area (TPSA) is 42.4 Å². The van der Waals surface area contributed by atoms with Crippen molar-refractivity contribution < 1.29 is 9.53 Å². The molecule has 1 amide bonds. The van der Waals surface area contributed by atoms with E-state index in [0.717, 1.165) is 5.56 Å². The van der Waals surface area contributed by atoms with Gasteiger partial charge in [-0.3, -0.25) is 4.79 Å². The van der Waals surface area contributed by atoms with Crippen LogP contribution in [0.3, 0.4) is 0 Å². The van der Waals surface area contributed by atoms with Crippen LogP contribution in [-0.2, 0) is 6.54 Å². The van der Waals surface area contributed by atoms with Gasteiger partial charge in [0.05, 0.1) is 12.1 Å². The van der Waals surface area contributed by atoms with Crippen LogP contribution in [0.2, 0.25) is 5.15 Å². The Morgan fingerprint density at radius 2 is 2.05 bits per heavy atom. The molecule has 0 saturated heterocycles. The molecule has 3 rings (SSSR count). The molecule has 20 heavy (non-hydrogen) atoms. The van der Waals surface area contributed by atoms with Crippen molar-refractivity contribution in [2.45, 2.75) is 6.54 Å². The third-order valence-corrected chi connectivity index (χ3v) is 3.47. The van der Waals surface area contributed by atoms with Crippen molar-refractivity contribution in [1.29, 1.82) is 0 Å². The molecule has 0 fully saturated rings. The number of aromatic nitrogens is 1. The number of hydrogen-bond donors (Lipinski definition) is 0. The normalized spacial score (nSPS) is 14.4. The molecule has 0 radical (unpaired) electrons. The predicted octanol–water partition coefficient (Wildman–Crippen LogP) is 2.77. The minimum Gasteiger partial charge on any atom is -0.488 e. The number of ether oxygens (including phenoxy) is 1. The van der Waals surface area contributed by atoms with E-state index in [-0.39, 0.29) is 11.1 Å². The van der Waals surface area contributed by atoms with Gasteiger partial charge in [-0.15, -0.1) is 0 Å². The number of rotatable bonds is 2. The number of amides is 1. The summed E-state index contributed by atoms with van der Waals surface area (Å²) >= 11 is 5.98. The molecule has 2 aromatic rings. The second kappa shape index (κ2) is 5.51. The first-order valence-corrected chi connectivity index (χ1v) is 6.74. The maximum atomic E-state index is 12.6. The molecular formula is C15H13ClN2O2. The van der Waals surface area contributed by atoms with E-state index in [1.165, 1.54) is 6.20 Å². The number of carbonyl (C=O) groups is 1. The van der Waals surface area contributed by atoms with Gasteiger partial charge in [0, 0.05) is 12.7 Å². The molecule has 1 aliphatic heterocycles. The highest BCUT2D eigenvalue weighted by Crippen LogP contribution is 2.29. The van der Waals surface area contributed by atoms with Gasteiger partial charge in [0.25, 0.3) is 5.91 Å². The Morgan fingerprint density at radius 3 is 2.85 bits per heavy atom. The molecule has 1 aliphatic rings. The third-order valence-electron chi connectivity index (χ3n) is 3.20. The van der Waals surface area contributed by atoms with Crippen molar-refractivity contribution in [3.63, 3.8) is 0 Å². The molecule has 1 aromatic carbocycles. The zero-order valence-electron chi connectivity index (χ0n) is 10.8. The van der Waals surface area contributed by atoms with Crippen LogP contribution in [0.4, 0.5) is 0 Å². The zero-order chi connectivity index (χ0) is 13.9. The Balaban J connectivity index is 1.89. The predicted molar refractivity (Wildman–Crippen MR) is 75.9 cm³/mol. The SMILES string of the molecule is O=C1c2ccnc(Cl)c2OCCN1Cc1ccccc1. The first kappa shape index (κ1) is 12.9. The second-order valence-electron chi connectivity index (χ2n) is 4.54. The largest absolute Gasteiger partial charge is 0.488 e. The average Bonchev–Trinajstić information content (AvgIpc) is 2.62. The Hall–Kier alpha value is -2.07. The molecular weight excluding hydrogens is 276 g/mol. The number of benzene rings is 1. The fourth-order valence-electron chi connectivity index (χ4n) is 2.21. The molecule has 0 aliphatic carbocycles. The highest BCUT2D eigenvalue weighted by molar-refractivity contribution is 6.31. The zero-order valence-corrected chi connectivity index (χ0v) is 11.5. The molecule has 0 saturated carbocycles. The number of fused-ring (bicyclic) bond motifs is 1. The second-order valence-corrected chi connectivity index (χ2v) is 4.90. The van der Waals surface area contributed by atoms with E-state index >= 15 is 0 Å². The maximum Gasteiger partial charge on any atom is 0.258 e. The Morgan fingerprint density at radius 1 is 1.25 bits per heavy atom. The van der Waals surface area contributed by atoms with Gasteiger partial charge in [-0.2, -0.15) is 0 Å². The fraction of sp³-hybridized carbons (Fsp3) is 0.200. The van der Waals surface area contributed by atoms with Crippen molar-refractivity contribution >= 4 is 17.5 Å². The summed E-state index contributed by atoms with van der Waals surface area (Å²) in [7, 11) is 0. The molecule has 1 aromatic heterocycles. The number of carbonyl (C=O) groups excluding carboxylic acids is 1. The highest BCUT2D eigenvalue weighted by atomic mass is 35.5. The Bertz CT molecular complexity index is 631. The van der Waals surface area contributed by atoms with Gasteiger partial charge in [-0.25, -0.2) is 4.98 Å². The van der Waals surface area contributed by atoms with Crippen LogP contribution < -0.4 is 4.74 Å². The van der Waals surface area contributed by atoms with Gasteiger partial charge < -0.3 is 9.64 Å². The monoisotopic (exact) mass is 288 g/mol. The number of pyridine rings is 1. The van der Waals surface area contributed by atoms with Crippen molar-refractivity contribution in [2.24, 2.45) is 0 Å². The smallest absolute Gasteiger partial charge is 0.258 e. The first-order chi connectivity index (χ1) is 9.75. The van der Waals surface area contributed by atoms with Crippen LogP contribution >= 0.6 is 11.6 Å². The van der Waals surface area contributed by atoms with Gasteiger partial charge in [0.2, 0.25) is 0 Å². The summed E-state index contributed by atoms with van der Waals surface area (Å²) in [5, 5.41) is 0.234. The molecule has 2 heterocycles.